The molecule has 0 bridgehead atoms. The highest BCUT2D eigenvalue weighted by molar-refractivity contribution is 8.03. The molecule has 1 spiro atoms. The van der Waals surface area contributed by atoms with Crippen LogP contribution >= 0.6 is 23.5 Å². The number of fused-ring (bicyclic) bond motifs is 2. The number of nitrogens with zero attached hydrogens (tertiary/aromatic N) is 2. The molecule has 2 atom stereocenters. The van der Waals surface area contributed by atoms with Crippen LogP contribution in [0, 0.1) is 0 Å². The summed E-state index contributed by atoms with van der Waals surface area (Å²) in [5.74, 6) is 2.53. The summed E-state index contributed by atoms with van der Waals surface area (Å²) < 4.78 is 12.3. The number of quaternary nitrogens is 1. The molecule has 184 valence electrons. The van der Waals surface area contributed by atoms with Crippen LogP contribution in [-0.2, 0) is 38.9 Å². The molecule has 3 aliphatic rings. The number of benzene rings is 1. The fraction of sp³-hybridized carbons (Fsp3) is 0.731. The van der Waals surface area contributed by atoms with Gasteiger partial charge in [-0.05, 0) is 37.1 Å². The monoisotopic (exact) mass is 493 g/mol. The molecule has 3 aliphatic heterocycles. The first-order valence-corrected chi connectivity index (χ1v) is 14.8. The number of hydrogen-bond acceptors (Lipinski definition) is 5. The number of hydrogen-bond donors (Lipinski definition) is 0. The maximum Gasteiger partial charge on any atom is 0.223 e. The van der Waals surface area contributed by atoms with Crippen molar-refractivity contribution in [3.05, 3.63) is 34.4 Å². The average molecular weight is 494 g/mol. The van der Waals surface area contributed by atoms with Gasteiger partial charge in [-0.25, -0.2) is 0 Å². The molecule has 0 radical (unpaired) electrons. The Bertz CT molecular complexity index is 777. The van der Waals surface area contributed by atoms with Gasteiger partial charge in [-0.1, -0.05) is 13.8 Å². The van der Waals surface area contributed by atoms with Gasteiger partial charge >= 0.3 is 0 Å². The van der Waals surface area contributed by atoms with Crippen LogP contribution in [0.3, 0.4) is 0 Å². The van der Waals surface area contributed by atoms with E-state index >= 15 is 0 Å². The molecule has 0 aromatic heterocycles. The summed E-state index contributed by atoms with van der Waals surface area (Å²) in [6, 6.07) is 5.04. The number of thioether (sulfide) groups is 2. The van der Waals surface area contributed by atoms with Gasteiger partial charge in [0.05, 0.1) is 26.2 Å². The van der Waals surface area contributed by atoms with Crippen LogP contribution in [0.5, 0.6) is 0 Å². The average Bonchev–Trinajstić information content (AvgIpc) is 3.15. The van der Waals surface area contributed by atoms with Crippen LogP contribution in [0.4, 0.5) is 0 Å². The van der Waals surface area contributed by atoms with E-state index in [2.05, 4.69) is 54.4 Å². The van der Waals surface area contributed by atoms with Gasteiger partial charge in [-0.2, -0.15) is 23.5 Å². The van der Waals surface area contributed by atoms with Gasteiger partial charge in [0.15, 0.2) is 6.29 Å². The molecule has 0 aliphatic carbocycles. The molecule has 0 saturated carbocycles. The summed E-state index contributed by atoms with van der Waals surface area (Å²) in [6.07, 6.45) is 0.882. The summed E-state index contributed by atoms with van der Waals surface area (Å²) >= 11 is 4.21. The molecule has 3 heterocycles. The van der Waals surface area contributed by atoms with Crippen molar-refractivity contribution in [1.29, 1.82) is 0 Å². The Kier molecular flexibility index (Phi) is 8.71. The van der Waals surface area contributed by atoms with Gasteiger partial charge in [0.2, 0.25) is 5.91 Å². The summed E-state index contributed by atoms with van der Waals surface area (Å²) in [4.78, 5) is 14.9. The van der Waals surface area contributed by atoms with E-state index < -0.39 is 0 Å². The molecular weight excluding hydrogens is 452 g/mol. The summed E-state index contributed by atoms with van der Waals surface area (Å²) in [5, 5.41) is 1.41. The lowest BCUT2D eigenvalue weighted by Crippen LogP contribution is -2.57. The largest absolute Gasteiger partial charge is 0.353 e. The Morgan fingerprint density at radius 2 is 1.48 bits per heavy atom. The highest BCUT2D eigenvalue weighted by atomic mass is 32.2. The normalized spacial score (nSPS) is 24.5. The number of ether oxygens (including phenoxy) is 2. The zero-order chi connectivity index (χ0) is 23.4. The van der Waals surface area contributed by atoms with Gasteiger partial charge in [-0.3, -0.25) is 4.79 Å². The minimum atomic E-state index is -0.262. The second-order valence-corrected chi connectivity index (χ2v) is 12.5. The Morgan fingerprint density at radius 3 is 1.97 bits per heavy atom. The van der Waals surface area contributed by atoms with E-state index in [1.165, 1.54) is 0 Å². The molecule has 1 amide bonds. The fourth-order valence-corrected chi connectivity index (χ4v) is 7.72. The number of rotatable bonds is 7. The molecule has 1 aromatic carbocycles. The van der Waals surface area contributed by atoms with E-state index in [0.29, 0.717) is 36.6 Å². The lowest BCUT2D eigenvalue weighted by atomic mass is 10.0. The summed E-state index contributed by atoms with van der Waals surface area (Å²) in [7, 11) is 0. The Hall–Kier alpha value is -0.730. The lowest BCUT2D eigenvalue weighted by Gasteiger charge is -2.42. The maximum absolute atomic E-state index is 12.8. The predicted octanol–water partition coefficient (Wildman–Crippen LogP) is 4.80. The zero-order valence-corrected chi connectivity index (χ0v) is 22.4. The molecule has 1 fully saturated rings. The molecule has 0 N–H and O–H groups in total. The van der Waals surface area contributed by atoms with Crippen molar-refractivity contribution in [2.24, 2.45) is 0 Å². The zero-order valence-electron chi connectivity index (χ0n) is 20.8. The number of carbonyl (C=O) groups is 1. The second-order valence-electron chi connectivity index (χ2n) is 9.79. The van der Waals surface area contributed by atoms with Crippen molar-refractivity contribution >= 4 is 29.4 Å². The van der Waals surface area contributed by atoms with E-state index in [-0.39, 0.29) is 12.2 Å². The Balaban J connectivity index is 1.33. The smallest absolute Gasteiger partial charge is 0.223 e. The van der Waals surface area contributed by atoms with Crippen molar-refractivity contribution in [3.63, 3.8) is 0 Å². The molecule has 5 nitrogen and oxygen atoms in total. The summed E-state index contributed by atoms with van der Waals surface area (Å²) in [6.45, 7) is 16.0. The molecule has 2 unspecified atom stereocenters. The van der Waals surface area contributed by atoms with E-state index in [1.807, 2.05) is 13.8 Å². The van der Waals surface area contributed by atoms with E-state index in [9.17, 15) is 4.79 Å². The second kappa shape index (κ2) is 11.3. The minimum Gasteiger partial charge on any atom is -0.353 e. The van der Waals surface area contributed by atoms with Crippen LogP contribution in [0.15, 0.2) is 12.1 Å². The van der Waals surface area contributed by atoms with Crippen LogP contribution in [0.1, 0.15) is 62.8 Å². The Morgan fingerprint density at radius 1 is 0.970 bits per heavy atom. The van der Waals surface area contributed by atoms with Crippen molar-refractivity contribution < 1.29 is 18.8 Å². The van der Waals surface area contributed by atoms with Crippen LogP contribution in [0.2, 0.25) is 0 Å². The number of piperazine rings is 1. The standard InChI is InChI=1S/C26H41N2O3S2/c1-5-30-26(31-6-2)8-7-25(29)27-9-11-28(12-10-27)15-21-13-23-17-32-19(3)20(4)33-18-24(23)14-22(21)16-28/h13-14,19-20,26H,5-12,15-18H2,1-4H3/q+1. The number of carbonyl (C=O) groups excluding carboxylic acids is 1. The third kappa shape index (κ3) is 6.10. The molecule has 4 rings (SSSR count). The molecular formula is C26H41N2O3S2+. The van der Waals surface area contributed by atoms with Gasteiger partial charge < -0.3 is 18.9 Å². The van der Waals surface area contributed by atoms with Crippen molar-refractivity contribution in [2.75, 3.05) is 39.4 Å². The quantitative estimate of drug-likeness (QED) is 0.403. The van der Waals surface area contributed by atoms with Gasteiger partial charge in [0, 0.05) is 59.2 Å². The molecule has 33 heavy (non-hydrogen) atoms. The predicted molar refractivity (Wildman–Crippen MR) is 138 cm³/mol. The van der Waals surface area contributed by atoms with Gasteiger partial charge in [0.1, 0.15) is 13.1 Å². The first-order chi connectivity index (χ1) is 15.9. The van der Waals surface area contributed by atoms with Crippen LogP contribution < -0.4 is 0 Å². The van der Waals surface area contributed by atoms with Crippen molar-refractivity contribution in [3.8, 4) is 0 Å². The van der Waals surface area contributed by atoms with Crippen molar-refractivity contribution in [2.45, 2.75) is 81.9 Å². The third-order valence-corrected chi connectivity index (χ3v) is 10.5. The van der Waals surface area contributed by atoms with Gasteiger partial charge in [-0.15, -0.1) is 0 Å². The number of amides is 1. The lowest BCUT2D eigenvalue weighted by molar-refractivity contribution is -0.950. The fourth-order valence-electron chi connectivity index (χ4n) is 5.29. The molecule has 1 aromatic rings. The van der Waals surface area contributed by atoms with Gasteiger partial charge in [0.25, 0.3) is 0 Å². The molecule has 1 saturated heterocycles. The molecule has 7 heteroatoms. The maximum atomic E-state index is 12.8. The highest BCUT2D eigenvalue weighted by Crippen LogP contribution is 2.39. The third-order valence-electron chi connectivity index (χ3n) is 7.54. The first kappa shape index (κ1) is 25.4. The van der Waals surface area contributed by atoms with E-state index in [1.54, 1.807) is 22.3 Å². The first-order valence-electron chi connectivity index (χ1n) is 12.7. The topological polar surface area (TPSA) is 38.8 Å². The highest BCUT2D eigenvalue weighted by Gasteiger charge is 2.40. The van der Waals surface area contributed by atoms with Crippen LogP contribution in [0.25, 0.3) is 0 Å². The minimum absolute atomic E-state index is 0.245. The van der Waals surface area contributed by atoms with E-state index in [4.69, 9.17) is 9.47 Å². The Labute approximate surface area is 208 Å². The van der Waals surface area contributed by atoms with Crippen LogP contribution in [-0.4, -0.2) is 71.5 Å². The van der Waals surface area contributed by atoms with E-state index in [0.717, 1.165) is 55.3 Å². The summed E-state index contributed by atoms with van der Waals surface area (Å²) in [5.41, 5.74) is 6.21. The SMILES string of the molecule is CCOC(CCC(=O)N1CC[N+]2(CC1)Cc1cc3c(cc1C2)CSC(C)C(C)SC3)OCC. The van der Waals surface area contributed by atoms with Crippen molar-refractivity contribution in [1.82, 2.24) is 4.90 Å².